The number of aryl methyl sites for hydroxylation is 1. The summed E-state index contributed by atoms with van der Waals surface area (Å²) in [6.45, 7) is 9.40. The summed E-state index contributed by atoms with van der Waals surface area (Å²) in [5.41, 5.74) is 1.16. The molecular weight excluding hydrogens is 264 g/mol. The molecule has 16 heavy (non-hydrogen) atoms. The van der Waals surface area contributed by atoms with Gasteiger partial charge in [-0.15, -0.1) is 13.2 Å². The largest absolute Gasteiger partial charge is 0.385 e. The third-order valence-corrected chi connectivity index (χ3v) is 3.53. The van der Waals surface area contributed by atoms with E-state index in [1.54, 1.807) is 12.2 Å². The van der Waals surface area contributed by atoms with Crippen molar-refractivity contribution >= 4 is 15.9 Å². The van der Waals surface area contributed by atoms with Crippen LogP contribution in [0.1, 0.15) is 24.0 Å². The fraction of sp³-hybridized carbons (Fsp3) is 0.286. The molecule has 0 spiro atoms. The molecule has 2 heteroatoms. The van der Waals surface area contributed by atoms with Gasteiger partial charge in [0.15, 0.2) is 0 Å². The average molecular weight is 281 g/mol. The zero-order valence-electron chi connectivity index (χ0n) is 9.54. The van der Waals surface area contributed by atoms with Crippen LogP contribution in [0.4, 0.5) is 0 Å². The lowest BCUT2D eigenvalue weighted by Crippen LogP contribution is -2.24. The van der Waals surface area contributed by atoms with Gasteiger partial charge in [0.05, 0.1) is 5.60 Å². The maximum absolute atomic E-state index is 10.5. The minimum atomic E-state index is -0.889. The number of hydrogen-bond donors (Lipinski definition) is 1. The molecule has 0 atom stereocenters. The van der Waals surface area contributed by atoms with Gasteiger partial charge in [-0.25, -0.2) is 0 Å². The summed E-state index contributed by atoms with van der Waals surface area (Å²) >= 11 is 3.48. The van der Waals surface area contributed by atoms with Gasteiger partial charge in [0.25, 0.3) is 0 Å². The first kappa shape index (κ1) is 13.2. The molecule has 0 heterocycles. The molecule has 1 rings (SSSR count). The Morgan fingerprint density at radius 1 is 1.31 bits per heavy atom. The lowest BCUT2D eigenvalue weighted by Gasteiger charge is -2.26. The van der Waals surface area contributed by atoms with Crippen molar-refractivity contribution in [2.75, 3.05) is 0 Å². The first-order valence-electron chi connectivity index (χ1n) is 5.24. The van der Waals surface area contributed by atoms with Crippen molar-refractivity contribution in [2.45, 2.75) is 25.4 Å². The van der Waals surface area contributed by atoms with Crippen LogP contribution in [0.2, 0.25) is 0 Å². The number of benzene rings is 1. The molecule has 0 aliphatic heterocycles. The Hall–Kier alpha value is -0.860. The van der Waals surface area contributed by atoms with Crippen LogP contribution in [0.5, 0.6) is 0 Å². The second kappa shape index (κ2) is 5.46. The van der Waals surface area contributed by atoms with Gasteiger partial charge in [0.1, 0.15) is 0 Å². The normalized spacial score (nSPS) is 11.2. The van der Waals surface area contributed by atoms with Gasteiger partial charge in [-0.1, -0.05) is 40.2 Å². The molecule has 1 nitrogen and oxygen atoms in total. The van der Waals surface area contributed by atoms with Crippen LogP contribution in [-0.2, 0) is 5.60 Å². The molecule has 86 valence electrons. The van der Waals surface area contributed by atoms with Crippen LogP contribution in [0.15, 0.2) is 48.0 Å². The van der Waals surface area contributed by atoms with Crippen LogP contribution in [0, 0.1) is 6.92 Å². The number of rotatable bonds is 5. The van der Waals surface area contributed by atoms with Crippen molar-refractivity contribution in [3.63, 3.8) is 0 Å². The highest BCUT2D eigenvalue weighted by Crippen LogP contribution is 2.32. The predicted octanol–water partition coefficient (Wildman–Crippen LogP) is 4.10. The average Bonchev–Trinajstić information content (AvgIpc) is 2.22. The summed E-state index contributed by atoms with van der Waals surface area (Å²) in [7, 11) is 0. The standard InChI is InChI=1S/C14H17BrO/c1-4-8-14(16,9-5-2)12-7-6-11(3)13(15)10-12/h4-7,10,16H,1-2,8-9H2,3H3. The quantitative estimate of drug-likeness (QED) is 0.806. The van der Waals surface area contributed by atoms with E-state index in [4.69, 9.17) is 0 Å². The summed E-state index contributed by atoms with van der Waals surface area (Å²) in [4.78, 5) is 0. The molecule has 0 amide bonds. The Morgan fingerprint density at radius 2 is 1.88 bits per heavy atom. The monoisotopic (exact) mass is 280 g/mol. The third kappa shape index (κ3) is 2.83. The highest BCUT2D eigenvalue weighted by atomic mass is 79.9. The molecule has 0 aliphatic rings. The lowest BCUT2D eigenvalue weighted by atomic mass is 9.87. The van der Waals surface area contributed by atoms with Crippen molar-refractivity contribution in [2.24, 2.45) is 0 Å². The number of hydrogen-bond acceptors (Lipinski definition) is 1. The van der Waals surface area contributed by atoms with E-state index < -0.39 is 5.60 Å². The fourth-order valence-electron chi connectivity index (χ4n) is 1.68. The molecular formula is C14H17BrO. The number of halogens is 1. The van der Waals surface area contributed by atoms with Crippen LogP contribution < -0.4 is 0 Å². The molecule has 0 fully saturated rings. The van der Waals surface area contributed by atoms with Crippen molar-refractivity contribution in [3.05, 3.63) is 59.1 Å². The molecule has 1 aromatic carbocycles. The Morgan fingerprint density at radius 3 is 2.31 bits per heavy atom. The Kier molecular flexibility index (Phi) is 4.51. The van der Waals surface area contributed by atoms with Crippen molar-refractivity contribution in [3.8, 4) is 0 Å². The summed E-state index contributed by atoms with van der Waals surface area (Å²) in [5.74, 6) is 0. The smallest absolute Gasteiger partial charge is 0.0965 e. The van der Waals surface area contributed by atoms with E-state index in [2.05, 4.69) is 29.1 Å². The Bertz CT molecular complexity index is 386. The highest BCUT2D eigenvalue weighted by molar-refractivity contribution is 9.10. The van der Waals surface area contributed by atoms with Crippen LogP contribution in [-0.4, -0.2) is 5.11 Å². The topological polar surface area (TPSA) is 20.2 Å². The van der Waals surface area contributed by atoms with Crippen molar-refractivity contribution in [1.82, 2.24) is 0 Å². The van der Waals surface area contributed by atoms with E-state index in [9.17, 15) is 5.11 Å². The molecule has 0 bridgehead atoms. The van der Waals surface area contributed by atoms with E-state index in [1.807, 2.05) is 25.1 Å². The van der Waals surface area contributed by atoms with E-state index in [-0.39, 0.29) is 0 Å². The number of aliphatic hydroxyl groups is 1. The maximum atomic E-state index is 10.5. The Labute approximate surface area is 106 Å². The second-order valence-corrected chi connectivity index (χ2v) is 4.84. The fourth-order valence-corrected chi connectivity index (χ4v) is 2.06. The molecule has 1 aromatic rings. The van der Waals surface area contributed by atoms with Gasteiger partial charge in [0, 0.05) is 4.47 Å². The molecule has 0 aromatic heterocycles. The zero-order chi connectivity index (χ0) is 12.2. The zero-order valence-corrected chi connectivity index (χ0v) is 11.1. The van der Waals surface area contributed by atoms with Gasteiger partial charge >= 0.3 is 0 Å². The minimum Gasteiger partial charge on any atom is -0.385 e. The summed E-state index contributed by atoms with van der Waals surface area (Å²) in [5, 5.41) is 10.5. The highest BCUT2D eigenvalue weighted by Gasteiger charge is 2.26. The first-order valence-corrected chi connectivity index (χ1v) is 6.03. The van der Waals surface area contributed by atoms with E-state index in [0.717, 1.165) is 15.6 Å². The van der Waals surface area contributed by atoms with Crippen molar-refractivity contribution in [1.29, 1.82) is 0 Å². The van der Waals surface area contributed by atoms with E-state index in [0.29, 0.717) is 12.8 Å². The van der Waals surface area contributed by atoms with E-state index >= 15 is 0 Å². The van der Waals surface area contributed by atoms with Gasteiger partial charge in [-0.05, 0) is 37.0 Å². The van der Waals surface area contributed by atoms with Crippen LogP contribution in [0.3, 0.4) is 0 Å². The molecule has 1 N–H and O–H groups in total. The van der Waals surface area contributed by atoms with Crippen LogP contribution in [0.25, 0.3) is 0 Å². The molecule has 0 aliphatic carbocycles. The first-order chi connectivity index (χ1) is 7.53. The van der Waals surface area contributed by atoms with Gasteiger partial charge in [-0.3, -0.25) is 0 Å². The van der Waals surface area contributed by atoms with Gasteiger partial charge < -0.3 is 5.11 Å². The van der Waals surface area contributed by atoms with E-state index in [1.165, 1.54) is 0 Å². The summed E-state index contributed by atoms with van der Waals surface area (Å²) < 4.78 is 1.01. The molecule has 0 radical (unpaired) electrons. The Balaban J connectivity index is 3.14. The summed E-state index contributed by atoms with van der Waals surface area (Å²) in [6.07, 6.45) is 4.51. The maximum Gasteiger partial charge on any atom is 0.0965 e. The third-order valence-electron chi connectivity index (χ3n) is 2.67. The molecule has 0 unspecified atom stereocenters. The SMILES string of the molecule is C=CCC(O)(CC=C)c1ccc(C)c(Br)c1. The van der Waals surface area contributed by atoms with Gasteiger partial charge in [-0.2, -0.15) is 0 Å². The van der Waals surface area contributed by atoms with Gasteiger partial charge in [0.2, 0.25) is 0 Å². The van der Waals surface area contributed by atoms with Crippen molar-refractivity contribution < 1.29 is 5.11 Å². The van der Waals surface area contributed by atoms with Crippen LogP contribution >= 0.6 is 15.9 Å². The minimum absolute atomic E-state index is 0.522. The lowest BCUT2D eigenvalue weighted by molar-refractivity contribution is 0.0429. The second-order valence-electron chi connectivity index (χ2n) is 3.98. The molecule has 0 saturated heterocycles. The predicted molar refractivity (Wildman–Crippen MR) is 72.4 cm³/mol. The molecule has 0 saturated carbocycles. The summed E-state index contributed by atoms with van der Waals surface area (Å²) in [6, 6.07) is 5.91.